The van der Waals surface area contributed by atoms with Crippen molar-refractivity contribution in [1.29, 1.82) is 0 Å². The van der Waals surface area contributed by atoms with Gasteiger partial charge in [-0.05, 0) is 48.5 Å². The van der Waals surface area contributed by atoms with E-state index < -0.39 is 23.4 Å². The number of rotatable bonds is 2. The molecule has 10 heteroatoms. The Balaban J connectivity index is 2.60. The molecule has 0 aliphatic rings. The van der Waals surface area contributed by atoms with Gasteiger partial charge in [0.2, 0.25) is 5.89 Å². The second-order valence-electron chi connectivity index (χ2n) is 8.11. The van der Waals surface area contributed by atoms with Crippen molar-refractivity contribution in [3.63, 3.8) is 0 Å². The second kappa shape index (κ2) is 7.53. The summed E-state index contributed by atoms with van der Waals surface area (Å²) in [5.74, 6) is 0.184. The number of aryl methyl sites for hydroxylation is 2. The van der Waals surface area contributed by atoms with Gasteiger partial charge in [0, 0.05) is 6.92 Å². The van der Waals surface area contributed by atoms with E-state index in [1.165, 1.54) is 6.20 Å². The van der Waals surface area contributed by atoms with Gasteiger partial charge < -0.3 is 13.9 Å². The Labute approximate surface area is 163 Å². The van der Waals surface area contributed by atoms with Crippen LogP contribution in [0.25, 0.3) is 11.6 Å². The van der Waals surface area contributed by atoms with Crippen molar-refractivity contribution < 1.29 is 23.5 Å². The maximum absolute atomic E-state index is 12.8. The molecular weight excluding hydrogens is 366 g/mol. The highest BCUT2D eigenvalue weighted by Gasteiger charge is 2.36. The predicted octanol–water partition coefficient (Wildman–Crippen LogP) is 3.82. The molecular formula is C18H25N5O5. The minimum absolute atomic E-state index is 0.0146. The van der Waals surface area contributed by atoms with Crippen LogP contribution in [0.3, 0.4) is 0 Å². The van der Waals surface area contributed by atoms with Crippen LogP contribution < -0.4 is 4.90 Å². The first kappa shape index (κ1) is 21.3. The molecule has 0 radical (unpaired) electrons. The molecule has 0 N–H and O–H groups in total. The lowest BCUT2D eigenvalue weighted by atomic mass is 10.2. The van der Waals surface area contributed by atoms with Gasteiger partial charge in [0.05, 0.1) is 11.9 Å². The minimum atomic E-state index is -0.961. The van der Waals surface area contributed by atoms with E-state index in [4.69, 9.17) is 13.9 Å². The van der Waals surface area contributed by atoms with Crippen LogP contribution in [0.5, 0.6) is 0 Å². The molecule has 0 atom stereocenters. The van der Waals surface area contributed by atoms with E-state index >= 15 is 0 Å². The van der Waals surface area contributed by atoms with E-state index in [0.717, 1.165) is 0 Å². The fourth-order valence-corrected chi connectivity index (χ4v) is 2.03. The van der Waals surface area contributed by atoms with Gasteiger partial charge in [0.25, 0.3) is 5.89 Å². The number of amides is 2. The second-order valence-corrected chi connectivity index (χ2v) is 8.11. The first-order valence-electron chi connectivity index (χ1n) is 8.67. The SMILES string of the molecule is Cc1cnc(N(C(=O)OC(C)(C)C)C(=O)OC(C)(C)C)c(-c2nnc(C)o2)n1. The van der Waals surface area contributed by atoms with E-state index in [2.05, 4.69) is 20.2 Å². The van der Waals surface area contributed by atoms with E-state index in [9.17, 15) is 9.59 Å². The summed E-state index contributed by atoms with van der Waals surface area (Å²) in [7, 11) is 0. The molecule has 0 bridgehead atoms. The number of aromatic nitrogens is 4. The minimum Gasteiger partial charge on any atom is -0.443 e. The van der Waals surface area contributed by atoms with Gasteiger partial charge >= 0.3 is 12.2 Å². The Hall–Kier alpha value is -3.04. The molecule has 0 saturated carbocycles. The molecule has 0 saturated heterocycles. The lowest BCUT2D eigenvalue weighted by Gasteiger charge is -2.28. The molecule has 152 valence electrons. The number of carbonyl (C=O) groups excluding carboxylic acids is 2. The third kappa shape index (κ3) is 5.48. The van der Waals surface area contributed by atoms with E-state index in [-0.39, 0.29) is 17.4 Å². The zero-order chi connectivity index (χ0) is 21.3. The number of ether oxygens (including phenoxy) is 2. The van der Waals surface area contributed by atoms with Crippen LogP contribution in [0.15, 0.2) is 10.6 Å². The zero-order valence-electron chi connectivity index (χ0n) is 17.4. The van der Waals surface area contributed by atoms with Crippen molar-refractivity contribution in [3.8, 4) is 11.6 Å². The van der Waals surface area contributed by atoms with Crippen molar-refractivity contribution in [3.05, 3.63) is 17.8 Å². The molecule has 0 aromatic carbocycles. The van der Waals surface area contributed by atoms with Gasteiger partial charge in [0.15, 0.2) is 11.5 Å². The largest absolute Gasteiger partial charge is 0.443 e. The highest BCUT2D eigenvalue weighted by atomic mass is 16.6. The number of imide groups is 1. The van der Waals surface area contributed by atoms with Crippen molar-refractivity contribution in [2.24, 2.45) is 0 Å². The quantitative estimate of drug-likeness (QED) is 0.752. The molecule has 0 unspecified atom stereocenters. The van der Waals surface area contributed by atoms with Crippen molar-refractivity contribution in [1.82, 2.24) is 20.2 Å². The van der Waals surface area contributed by atoms with Gasteiger partial charge in [-0.15, -0.1) is 10.2 Å². The first-order valence-corrected chi connectivity index (χ1v) is 8.67. The standard InChI is InChI=1S/C18H25N5O5/c1-10-9-19-13(12(20-10)14-22-21-11(2)26-14)23(15(24)27-17(3,4)5)16(25)28-18(6,7)8/h9H,1-8H3. The van der Waals surface area contributed by atoms with Crippen LogP contribution in [0.1, 0.15) is 53.1 Å². The van der Waals surface area contributed by atoms with Crippen LogP contribution in [0.2, 0.25) is 0 Å². The van der Waals surface area contributed by atoms with Crippen LogP contribution in [-0.2, 0) is 9.47 Å². The predicted molar refractivity (Wildman–Crippen MR) is 99.7 cm³/mol. The Bertz CT molecular complexity index is 851. The van der Waals surface area contributed by atoms with Crippen LogP contribution in [0, 0.1) is 13.8 Å². The van der Waals surface area contributed by atoms with E-state index in [1.54, 1.807) is 55.4 Å². The monoisotopic (exact) mass is 391 g/mol. The van der Waals surface area contributed by atoms with Gasteiger partial charge in [-0.1, -0.05) is 0 Å². The maximum Gasteiger partial charge on any atom is 0.425 e. The Morgan fingerprint density at radius 3 is 1.93 bits per heavy atom. The average Bonchev–Trinajstić information content (AvgIpc) is 2.91. The molecule has 10 nitrogen and oxygen atoms in total. The third-order valence-electron chi connectivity index (χ3n) is 2.97. The number of hydrogen-bond donors (Lipinski definition) is 0. The Morgan fingerprint density at radius 2 is 1.50 bits per heavy atom. The number of hydrogen-bond acceptors (Lipinski definition) is 9. The number of carbonyl (C=O) groups is 2. The molecule has 0 spiro atoms. The molecule has 2 rings (SSSR count). The lowest BCUT2D eigenvalue weighted by molar-refractivity contribution is 0.0429. The van der Waals surface area contributed by atoms with Gasteiger partial charge in [-0.3, -0.25) is 0 Å². The first-order chi connectivity index (χ1) is 12.8. The average molecular weight is 391 g/mol. The smallest absolute Gasteiger partial charge is 0.425 e. The van der Waals surface area contributed by atoms with Gasteiger partial charge in [-0.25, -0.2) is 19.6 Å². The van der Waals surface area contributed by atoms with Gasteiger partial charge in [0.1, 0.15) is 11.2 Å². The molecule has 2 aromatic rings. The molecule has 28 heavy (non-hydrogen) atoms. The van der Waals surface area contributed by atoms with Crippen molar-refractivity contribution >= 4 is 18.0 Å². The van der Waals surface area contributed by atoms with Crippen LogP contribution >= 0.6 is 0 Å². The Kier molecular flexibility index (Phi) is 5.72. The molecule has 2 amide bonds. The zero-order valence-corrected chi connectivity index (χ0v) is 17.4. The summed E-state index contributed by atoms with van der Waals surface area (Å²) in [4.78, 5) is 34.9. The van der Waals surface area contributed by atoms with Crippen LogP contribution in [0.4, 0.5) is 15.4 Å². The highest BCUT2D eigenvalue weighted by molar-refractivity contribution is 6.10. The molecule has 0 fully saturated rings. The summed E-state index contributed by atoms with van der Waals surface area (Å²) in [6, 6.07) is 0. The van der Waals surface area contributed by atoms with E-state index in [1.807, 2.05) is 0 Å². The summed E-state index contributed by atoms with van der Waals surface area (Å²) in [6.07, 6.45) is -0.515. The lowest BCUT2D eigenvalue weighted by Crippen LogP contribution is -2.44. The summed E-state index contributed by atoms with van der Waals surface area (Å²) >= 11 is 0. The van der Waals surface area contributed by atoms with E-state index in [0.29, 0.717) is 16.5 Å². The fraction of sp³-hybridized carbons (Fsp3) is 0.556. The van der Waals surface area contributed by atoms with Crippen molar-refractivity contribution in [2.45, 2.75) is 66.6 Å². The summed E-state index contributed by atoms with van der Waals surface area (Å²) in [5, 5.41) is 7.68. The Morgan fingerprint density at radius 1 is 0.964 bits per heavy atom. The topological polar surface area (TPSA) is 121 Å². The summed E-state index contributed by atoms with van der Waals surface area (Å²) < 4.78 is 16.2. The van der Waals surface area contributed by atoms with Gasteiger partial charge in [-0.2, -0.15) is 4.90 Å². The maximum atomic E-state index is 12.8. The van der Waals surface area contributed by atoms with Crippen molar-refractivity contribution in [2.75, 3.05) is 4.90 Å². The van der Waals surface area contributed by atoms with Crippen LogP contribution in [-0.4, -0.2) is 43.6 Å². The third-order valence-corrected chi connectivity index (χ3v) is 2.97. The summed E-state index contributed by atoms with van der Waals surface area (Å²) in [5.41, 5.74) is -1.10. The molecule has 0 aliphatic heterocycles. The molecule has 0 aliphatic carbocycles. The fourth-order valence-electron chi connectivity index (χ4n) is 2.03. The normalized spacial score (nSPS) is 11.9. The number of nitrogens with zero attached hydrogens (tertiary/aromatic N) is 5. The highest BCUT2D eigenvalue weighted by Crippen LogP contribution is 2.29. The molecule has 2 heterocycles. The molecule has 2 aromatic heterocycles. The summed E-state index contributed by atoms with van der Waals surface area (Å²) in [6.45, 7) is 13.4. The number of anilines is 1.